The molecule has 0 bridgehead atoms. The van der Waals surface area contributed by atoms with Crippen molar-refractivity contribution in [2.75, 3.05) is 0 Å². The predicted octanol–water partition coefficient (Wildman–Crippen LogP) is 4.84. The van der Waals surface area contributed by atoms with Crippen LogP contribution in [0.2, 0.25) is 0 Å². The molecule has 0 spiro atoms. The molecule has 0 fully saturated rings. The summed E-state index contributed by atoms with van der Waals surface area (Å²) in [5.74, 6) is -0.175. The number of nitrogens with one attached hydrogen (secondary N) is 1. The van der Waals surface area contributed by atoms with Gasteiger partial charge in [-0.2, -0.15) is 0 Å². The van der Waals surface area contributed by atoms with Crippen LogP contribution in [0.5, 0.6) is 0 Å². The molecule has 0 saturated heterocycles. The van der Waals surface area contributed by atoms with E-state index in [4.69, 9.17) is 8.83 Å². The summed E-state index contributed by atoms with van der Waals surface area (Å²) in [5.41, 5.74) is 4.11. The molecule has 0 saturated carbocycles. The fraction of sp³-hybridized carbons (Fsp3) is 0.280. The van der Waals surface area contributed by atoms with Crippen LogP contribution in [0.3, 0.4) is 0 Å². The van der Waals surface area contributed by atoms with Crippen LogP contribution in [0, 0.1) is 13.8 Å². The van der Waals surface area contributed by atoms with Gasteiger partial charge < -0.3 is 14.2 Å². The van der Waals surface area contributed by atoms with Crippen LogP contribution >= 0.6 is 0 Å². The summed E-state index contributed by atoms with van der Waals surface area (Å²) in [5, 5.41) is 4.80. The Bertz CT molecular complexity index is 1270. The fourth-order valence-electron chi connectivity index (χ4n) is 3.83. The molecule has 2 aromatic heterocycles. The van der Waals surface area contributed by atoms with Gasteiger partial charge in [0.2, 0.25) is 5.91 Å². The Kier molecular flexibility index (Phi) is 5.44. The number of fused-ring (bicyclic) bond motifs is 2. The lowest BCUT2D eigenvalue weighted by atomic mass is 10.0. The summed E-state index contributed by atoms with van der Waals surface area (Å²) in [7, 11) is 0. The number of rotatable bonds is 6. The molecule has 1 amide bonds. The lowest BCUT2D eigenvalue weighted by Gasteiger charge is -2.14. The summed E-state index contributed by atoms with van der Waals surface area (Å²) in [6.45, 7) is 5.81. The van der Waals surface area contributed by atoms with Crippen molar-refractivity contribution >= 4 is 27.8 Å². The number of hydrogen-bond acceptors (Lipinski definition) is 4. The van der Waals surface area contributed by atoms with E-state index in [2.05, 4.69) is 17.4 Å². The molecular formula is C25H25NO4. The van der Waals surface area contributed by atoms with Crippen LogP contribution in [0.15, 0.2) is 62.4 Å². The van der Waals surface area contributed by atoms with Gasteiger partial charge in [-0.05, 0) is 56.4 Å². The number of furan rings is 1. The molecule has 1 atom stereocenters. The molecule has 0 aliphatic rings. The first-order valence-corrected chi connectivity index (χ1v) is 10.2. The zero-order valence-corrected chi connectivity index (χ0v) is 17.5. The van der Waals surface area contributed by atoms with Crippen LogP contribution in [-0.2, 0) is 17.6 Å². The second kappa shape index (κ2) is 8.19. The molecule has 154 valence electrons. The summed E-state index contributed by atoms with van der Waals surface area (Å²) >= 11 is 0. The summed E-state index contributed by atoms with van der Waals surface area (Å²) < 4.78 is 11.0. The van der Waals surface area contributed by atoms with Gasteiger partial charge in [-0.1, -0.05) is 30.3 Å². The van der Waals surface area contributed by atoms with Gasteiger partial charge in [0.05, 0.1) is 18.2 Å². The van der Waals surface area contributed by atoms with Crippen LogP contribution in [0.25, 0.3) is 21.9 Å². The Labute approximate surface area is 174 Å². The first-order valence-electron chi connectivity index (χ1n) is 10.2. The smallest absolute Gasteiger partial charge is 0.340 e. The number of carbonyl (C=O) groups excluding carboxylic acids is 1. The van der Waals surface area contributed by atoms with Gasteiger partial charge in [0, 0.05) is 22.9 Å². The van der Waals surface area contributed by atoms with E-state index in [1.165, 1.54) is 5.56 Å². The predicted molar refractivity (Wildman–Crippen MR) is 118 cm³/mol. The minimum absolute atomic E-state index is 0.00217. The van der Waals surface area contributed by atoms with Crippen LogP contribution in [-0.4, -0.2) is 11.9 Å². The van der Waals surface area contributed by atoms with Crippen molar-refractivity contribution in [3.63, 3.8) is 0 Å². The summed E-state index contributed by atoms with van der Waals surface area (Å²) in [4.78, 5) is 25.1. The minimum Gasteiger partial charge on any atom is -0.464 e. The van der Waals surface area contributed by atoms with E-state index < -0.39 is 5.63 Å². The minimum atomic E-state index is -0.477. The van der Waals surface area contributed by atoms with Crippen molar-refractivity contribution < 1.29 is 13.6 Å². The highest BCUT2D eigenvalue weighted by Gasteiger charge is 2.17. The summed E-state index contributed by atoms with van der Waals surface area (Å²) in [6, 6.07) is 13.9. The monoisotopic (exact) mass is 403 g/mol. The molecule has 4 rings (SSSR count). The second-order valence-corrected chi connectivity index (χ2v) is 7.93. The number of carbonyl (C=O) groups is 1. The van der Waals surface area contributed by atoms with E-state index in [0.29, 0.717) is 16.7 Å². The SMILES string of the molecule is Cc1coc2cc3oc(=O)c(CC(=O)N[C@H](C)CCc4ccccc4)c(C)c3cc12. The van der Waals surface area contributed by atoms with Gasteiger partial charge in [0.1, 0.15) is 11.2 Å². The quantitative estimate of drug-likeness (QED) is 0.468. The van der Waals surface area contributed by atoms with Gasteiger partial charge in [0.25, 0.3) is 0 Å². The topological polar surface area (TPSA) is 72.5 Å². The second-order valence-electron chi connectivity index (χ2n) is 7.93. The van der Waals surface area contributed by atoms with E-state index in [-0.39, 0.29) is 18.4 Å². The molecule has 4 aromatic rings. The van der Waals surface area contributed by atoms with Gasteiger partial charge in [-0.15, -0.1) is 0 Å². The van der Waals surface area contributed by atoms with Gasteiger partial charge in [-0.3, -0.25) is 4.79 Å². The van der Waals surface area contributed by atoms with Crippen molar-refractivity contribution in [2.45, 2.75) is 46.1 Å². The van der Waals surface area contributed by atoms with E-state index in [0.717, 1.165) is 34.7 Å². The highest BCUT2D eigenvalue weighted by atomic mass is 16.4. The molecular weight excluding hydrogens is 378 g/mol. The van der Waals surface area contributed by atoms with E-state index in [1.807, 2.05) is 45.0 Å². The molecule has 30 heavy (non-hydrogen) atoms. The Morgan fingerprint density at radius 3 is 2.60 bits per heavy atom. The highest BCUT2D eigenvalue weighted by Crippen LogP contribution is 2.28. The molecule has 2 heterocycles. The molecule has 0 aliphatic carbocycles. The first kappa shape index (κ1) is 20.0. The average Bonchev–Trinajstić information content (AvgIpc) is 3.09. The van der Waals surface area contributed by atoms with Crippen molar-refractivity contribution in [3.05, 3.63) is 81.4 Å². The third kappa shape index (κ3) is 4.01. The zero-order valence-electron chi connectivity index (χ0n) is 17.5. The number of benzene rings is 2. The Morgan fingerprint density at radius 1 is 1.07 bits per heavy atom. The molecule has 5 nitrogen and oxygen atoms in total. The number of aryl methyl sites for hydroxylation is 3. The average molecular weight is 403 g/mol. The Hall–Kier alpha value is -3.34. The van der Waals surface area contributed by atoms with Crippen molar-refractivity contribution in [1.29, 1.82) is 0 Å². The number of hydrogen-bond donors (Lipinski definition) is 1. The third-order valence-electron chi connectivity index (χ3n) is 5.63. The molecule has 1 N–H and O–H groups in total. The van der Waals surface area contributed by atoms with Crippen molar-refractivity contribution in [2.24, 2.45) is 0 Å². The van der Waals surface area contributed by atoms with Crippen molar-refractivity contribution in [3.8, 4) is 0 Å². The van der Waals surface area contributed by atoms with Gasteiger partial charge >= 0.3 is 5.63 Å². The van der Waals surface area contributed by atoms with Crippen molar-refractivity contribution in [1.82, 2.24) is 5.32 Å². The maximum Gasteiger partial charge on any atom is 0.340 e. The zero-order chi connectivity index (χ0) is 21.3. The highest BCUT2D eigenvalue weighted by molar-refractivity contribution is 5.96. The third-order valence-corrected chi connectivity index (χ3v) is 5.63. The van der Waals surface area contributed by atoms with Gasteiger partial charge in [-0.25, -0.2) is 4.79 Å². The van der Waals surface area contributed by atoms with E-state index in [1.54, 1.807) is 12.3 Å². The Balaban J connectivity index is 1.51. The van der Waals surface area contributed by atoms with Gasteiger partial charge in [0.15, 0.2) is 0 Å². The maximum absolute atomic E-state index is 12.6. The van der Waals surface area contributed by atoms with Crippen LogP contribution < -0.4 is 10.9 Å². The lowest BCUT2D eigenvalue weighted by Crippen LogP contribution is -2.35. The lowest BCUT2D eigenvalue weighted by molar-refractivity contribution is -0.121. The number of amides is 1. The van der Waals surface area contributed by atoms with Crippen LogP contribution in [0.1, 0.15) is 35.6 Å². The summed E-state index contributed by atoms with van der Waals surface area (Å²) in [6.07, 6.45) is 3.41. The molecule has 2 aromatic carbocycles. The Morgan fingerprint density at radius 2 is 1.83 bits per heavy atom. The maximum atomic E-state index is 12.6. The van der Waals surface area contributed by atoms with E-state index >= 15 is 0 Å². The standard InChI is InChI=1S/C25H25NO4/c1-15-14-29-22-13-23-20(11-19(15)22)17(3)21(25(28)30-23)12-24(27)26-16(2)9-10-18-7-5-4-6-8-18/h4-8,11,13-14,16H,9-10,12H2,1-3H3,(H,26,27)/t16-/m1/s1. The molecule has 5 heteroatoms. The fourth-order valence-corrected chi connectivity index (χ4v) is 3.83. The molecule has 0 unspecified atom stereocenters. The first-order chi connectivity index (χ1) is 14.4. The largest absolute Gasteiger partial charge is 0.464 e. The molecule has 0 aliphatic heterocycles. The van der Waals surface area contributed by atoms with Crippen LogP contribution in [0.4, 0.5) is 0 Å². The van der Waals surface area contributed by atoms with E-state index in [9.17, 15) is 9.59 Å². The normalized spacial score (nSPS) is 12.4. The molecule has 0 radical (unpaired) electrons.